The Bertz CT molecular complexity index is 281. The zero-order valence-corrected chi connectivity index (χ0v) is 13.9. The van der Waals surface area contributed by atoms with Crippen LogP contribution in [0.3, 0.4) is 0 Å². The molecule has 2 amide bonds. The van der Waals surface area contributed by atoms with Crippen molar-refractivity contribution in [2.24, 2.45) is 0 Å². The molecule has 0 spiro atoms. The van der Waals surface area contributed by atoms with E-state index in [9.17, 15) is 4.79 Å². The van der Waals surface area contributed by atoms with Crippen LogP contribution in [0.2, 0.25) is 0 Å². The molecule has 1 aliphatic rings. The summed E-state index contributed by atoms with van der Waals surface area (Å²) >= 11 is 0.700. The Labute approximate surface area is 134 Å². The summed E-state index contributed by atoms with van der Waals surface area (Å²) in [5.74, 6) is 0. The van der Waals surface area contributed by atoms with Gasteiger partial charge in [0.05, 0.1) is 0 Å². The Morgan fingerprint density at radius 2 is 1.33 bits per heavy atom. The summed E-state index contributed by atoms with van der Waals surface area (Å²) in [5, 5.41) is 24.0. The quantitative estimate of drug-likeness (QED) is 0.300. The number of pyridine rings is 1. The molecule has 2 rings (SSSR count). The van der Waals surface area contributed by atoms with E-state index in [0.29, 0.717) is 19.8 Å². The first-order chi connectivity index (χ1) is 10.2. The van der Waals surface area contributed by atoms with Crippen LogP contribution in [0.25, 0.3) is 0 Å². The third-order valence-electron chi connectivity index (χ3n) is 2.21. The molecule has 1 aromatic heterocycles. The molecule has 0 unspecified atom stereocenters. The number of rotatable bonds is 0. The Hall–Kier alpha value is -1.25. The van der Waals surface area contributed by atoms with Crippen LogP contribution in [-0.4, -0.2) is 69.0 Å². The molecule has 0 saturated carbocycles. The predicted molar refractivity (Wildman–Crippen MR) is 70.7 cm³/mol. The molecule has 0 radical (unpaired) electrons. The summed E-state index contributed by atoms with van der Waals surface area (Å²) in [6.45, 7) is 1.81. The second-order valence-corrected chi connectivity index (χ2v) is 3.50. The van der Waals surface area contributed by atoms with Crippen molar-refractivity contribution in [3.05, 3.63) is 30.6 Å². The minimum absolute atomic E-state index is 0.140. The Kier molecular flexibility index (Phi) is 24.8. The van der Waals surface area contributed by atoms with E-state index in [4.69, 9.17) is 24.4 Å². The Morgan fingerprint density at radius 1 is 0.952 bits per heavy atom. The molecule has 0 aromatic carbocycles. The summed E-state index contributed by atoms with van der Waals surface area (Å²) in [5.41, 5.74) is 0. The second kappa shape index (κ2) is 21.1. The van der Waals surface area contributed by atoms with Crippen molar-refractivity contribution in [2.75, 3.05) is 27.2 Å². The van der Waals surface area contributed by atoms with Gasteiger partial charge in [-0.25, -0.2) is 4.79 Å². The number of urea groups is 1. The van der Waals surface area contributed by atoms with Gasteiger partial charge in [0, 0.05) is 39.6 Å². The average Bonchev–Trinajstić information content (AvgIpc) is 2.60. The number of hydrogen-bond acceptors (Lipinski definition) is 7. The molecule has 1 aliphatic heterocycles. The fourth-order valence-corrected chi connectivity index (χ4v) is 1.34. The van der Waals surface area contributed by atoms with E-state index in [1.54, 1.807) is 22.2 Å². The van der Waals surface area contributed by atoms with Crippen LogP contribution in [-0.2, 0) is 23.2 Å². The molecule has 0 bridgehead atoms. The average molecular weight is 387 g/mol. The third-order valence-corrected chi connectivity index (χ3v) is 2.21. The van der Waals surface area contributed by atoms with Gasteiger partial charge in [0.1, 0.15) is 0 Å². The Balaban J connectivity index is -0.000000235. The van der Waals surface area contributed by atoms with Crippen LogP contribution in [0.1, 0.15) is 6.42 Å². The van der Waals surface area contributed by atoms with Crippen LogP contribution in [0, 0.1) is 0 Å². The molecule has 122 valence electrons. The van der Waals surface area contributed by atoms with Gasteiger partial charge in [0.15, 0.2) is 0 Å². The molecule has 10 heteroatoms. The first-order valence-electron chi connectivity index (χ1n) is 5.59. The fraction of sp³-hybridized carbons (Fsp3) is 0.455. The van der Waals surface area contributed by atoms with Crippen molar-refractivity contribution in [3.63, 3.8) is 0 Å². The summed E-state index contributed by atoms with van der Waals surface area (Å²) in [4.78, 5) is 18.2. The maximum absolute atomic E-state index is 11.0. The van der Waals surface area contributed by atoms with Crippen LogP contribution >= 0.6 is 0 Å². The minimum Gasteiger partial charge on any atom is -0.265 e. The molecule has 9 nitrogen and oxygen atoms in total. The predicted octanol–water partition coefficient (Wildman–Crippen LogP) is 1.37. The van der Waals surface area contributed by atoms with E-state index in [1.165, 1.54) is 0 Å². The van der Waals surface area contributed by atoms with Crippen LogP contribution < -0.4 is 0 Å². The molecule has 21 heavy (non-hydrogen) atoms. The van der Waals surface area contributed by atoms with Crippen molar-refractivity contribution in [3.8, 4) is 0 Å². The van der Waals surface area contributed by atoms with Gasteiger partial charge < -0.3 is 9.80 Å². The van der Waals surface area contributed by atoms with E-state index in [0.717, 1.165) is 19.5 Å². The molecular weight excluding hydrogens is 366 g/mol. The van der Waals surface area contributed by atoms with E-state index < -0.39 is 0 Å². The van der Waals surface area contributed by atoms with E-state index in [2.05, 4.69) is 4.98 Å². The first kappa shape index (κ1) is 24.7. The van der Waals surface area contributed by atoms with Crippen LogP contribution in [0.4, 0.5) is 4.79 Å². The first-order valence-corrected chi connectivity index (χ1v) is 6.41. The SMILES string of the molecule is CN1CCCN(C)C1=O.OO.OO.[O]=[Mo].c1ccncc1. The number of carbonyl (C=O) groups is 1. The summed E-state index contributed by atoms with van der Waals surface area (Å²) in [7, 11) is 3.66. The van der Waals surface area contributed by atoms with Gasteiger partial charge in [-0.2, -0.15) is 0 Å². The Morgan fingerprint density at radius 3 is 1.52 bits per heavy atom. The zero-order valence-electron chi connectivity index (χ0n) is 11.9. The van der Waals surface area contributed by atoms with Crippen molar-refractivity contribution in [1.29, 1.82) is 0 Å². The normalized spacial score (nSPS) is 12.0. The number of amides is 2. The van der Waals surface area contributed by atoms with Crippen molar-refractivity contribution in [1.82, 2.24) is 14.8 Å². The van der Waals surface area contributed by atoms with Crippen LogP contribution in [0.5, 0.6) is 0 Å². The smallest absolute Gasteiger partial charge is 0.0267 e. The standard InChI is InChI=1S/C6H12N2O.C5H5N.Mo.2H2O2.O/c1-7-4-3-5-8(2)6(7)9;1-2-4-6-5-3-1;;2*1-2;/h3-5H2,1-2H3;1-5H;;2*1-2H;. The monoisotopic (exact) mass is 389 g/mol. The maximum Gasteiger partial charge on any atom is 0.0267 e. The van der Waals surface area contributed by atoms with E-state index in [1.807, 2.05) is 32.3 Å². The van der Waals surface area contributed by atoms with Crippen molar-refractivity contribution >= 4 is 6.03 Å². The molecule has 2 heterocycles. The van der Waals surface area contributed by atoms with Gasteiger partial charge in [-0.05, 0) is 18.6 Å². The molecular formula is C11H21MoN3O6. The van der Waals surface area contributed by atoms with E-state index >= 15 is 0 Å². The van der Waals surface area contributed by atoms with Gasteiger partial charge >= 0.3 is 29.2 Å². The number of nitrogens with zero attached hydrogens (tertiary/aromatic N) is 3. The summed E-state index contributed by atoms with van der Waals surface area (Å²) in [6.07, 6.45) is 4.60. The summed E-state index contributed by atoms with van der Waals surface area (Å²) in [6, 6.07) is 5.86. The van der Waals surface area contributed by atoms with Gasteiger partial charge in [-0.15, -0.1) is 0 Å². The van der Waals surface area contributed by atoms with Gasteiger partial charge in [0.2, 0.25) is 0 Å². The molecule has 1 aromatic rings. The maximum atomic E-state index is 11.0. The second-order valence-electron chi connectivity index (χ2n) is 3.50. The third kappa shape index (κ3) is 15.0. The number of carbonyl (C=O) groups excluding carboxylic acids is 1. The molecule has 0 atom stereocenters. The number of aromatic nitrogens is 1. The summed E-state index contributed by atoms with van der Waals surface area (Å²) < 4.78 is 8.26. The van der Waals surface area contributed by atoms with Crippen molar-refractivity contribution < 1.29 is 49.0 Å². The largest absolute Gasteiger partial charge is 0.265 e. The van der Waals surface area contributed by atoms with Gasteiger partial charge in [-0.1, -0.05) is 6.07 Å². The number of hydrogen-bond donors (Lipinski definition) is 4. The van der Waals surface area contributed by atoms with Crippen LogP contribution in [0.15, 0.2) is 30.6 Å². The molecule has 4 N–H and O–H groups in total. The minimum atomic E-state index is 0.140. The van der Waals surface area contributed by atoms with Crippen molar-refractivity contribution in [2.45, 2.75) is 6.42 Å². The molecule has 1 saturated heterocycles. The molecule has 1 fully saturated rings. The zero-order chi connectivity index (χ0) is 17.1. The van der Waals surface area contributed by atoms with Gasteiger partial charge in [0.25, 0.3) is 0 Å². The topological polar surface area (TPSA) is 134 Å². The fourth-order valence-electron chi connectivity index (χ4n) is 1.34. The van der Waals surface area contributed by atoms with E-state index in [-0.39, 0.29) is 6.03 Å². The molecule has 0 aliphatic carbocycles. The van der Waals surface area contributed by atoms with Gasteiger partial charge in [-0.3, -0.25) is 26.0 Å².